The lowest BCUT2D eigenvalue weighted by Gasteiger charge is -2.19. The summed E-state index contributed by atoms with van der Waals surface area (Å²) < 4.78 is 9.71. The quantitative estimate of drug-likeness (QED) is 0.788. The number of rotatable bonds is 4. The fourth-order valence-corrected chi connectivity index (χ4v) is 1.49. The van der Waals surface area contributed by atoms with Crippen molar-refractivity contribution in [3.63, 3.8) is 0 Å². The van der Waals surface area contributed by atoms with E-state index >= 15 is 0 Å². The standard InChI is InChI=1S/C12H16O4/c1-8(12(14)16-3)11(13)9-6-4-5-7-10(9)15-2/h4-8,11,13H,1-3H3. The fourth-order valence-electron chi connectivity index (χ4n) is 1.49. The highest BCUT2D eigenvalue weighted by atomic mass is 16.5. The number of benzene rings is 1. The Labute approximate surface area is 94.8 Å². The highest BCUT2D eigenvalue weighted by Crippen LogP contribution is 2.30. The van der Waals surface area contributed by atoms with Crippen molar-refractivity contribution in [2.45, 2.75) is 13.0 Å². The molecule has 0 heterocycles. The van der Waals surface area contributed by atoms with Crippen molar-refractivity contribution in [2.24, 2.45) is 5.92 Å². The summed E-state index contributed by atoms with van der Waals surface area (Å²) in [7, 11) is 2.82. The maximum atomic E-state index is 11.3. The molecule has 2 unspecified atom stereocenters. The molecule has 0 aromatic heterocycles. The Hall–Kier alpha value is -1.55. The second-order valence-corrected chi connectivity index (χ2v) is 3.50. The van der Waals surface area contributed by atoms with Gasteiger partial charge in [-0.15, -0.1) is 0 Å². The van der Waals surface area contributed by atoms with Crippen LogP contribution < -0.4 is 4.74 Å². The maximum absolute atomic E-state index is 11.3. The number of hydrogen-bond donors (Lipinski definition) is 1. The summed E-state index contributed by atoms with van der Waals surface area (Å²) in [4.78, 5) is 11.3. The third kappa shape index (κ3) is 2.52. The molecular formula is C12H16O4. The largest absolute Gasteiger partial charge is 0.496 e. The van der Waals surface area contributed by atoms with Gasteiger partial charge in [0.2, 0.25) is 0 Å². The van der Waals surface area contributed by atoms with Crippen molar-refractivity contribution in [1.29, 1.82) is 0 Å². The highest BCUT2D eigenvalue weighted by molar-refractivity contribution is 5.73. The second kappa shape index (κ2) is 5.51. The maximum Gasteiger partial charge on any atom is 0.311 e. The molecule has 0 aliphatic heterocycles. The molecule has 0 saturated carbocycles. The van der Waals surface area contributed by atoms with E-state index in [0.717, 1.165) is 0 Å². The summed E-state index contributed by atoms with van der Waals surface area (Å²) >= 11 is 0. The average molecular weight is 224 g/mol. The van der Waals surface area contributed by atoms with Gasteiger partial charge in [0.05, 0.1) is 26.2 Å². The highest BCUT2D eigenvalue weighted by Gasteiger charge is 2.26. The SMILES string of the molecule is COC(=O)C(C)C(O)c1ccccc1OC. The van der Waals surface area contributed by atoms with Crippen molar-refractivity contribution >= 4 is 5.97 Å². The van der Waals surface area contributed by atoms with Gasteiger partial charge in [-0.1, -0.05) is 18.2 Å². The summed E-state index contributed by atoms with van der Waals surface area (Å²) in [5.41, 5.74) is 0.586. The summed E-state index contributed by atoms with van der Waals surface area (Å²) in [6.07, 6.45) is -0.927. The molecule has 1 aromatic carbocycles. The summed E-state index contributed by atoms with van der Waals surface area (Å²) in [5, 5.41) is 10.0. The number of carbonyl (C=O) groups excluding carboxylic acids is 1. The van der Waals surface area contributed by atoms with Crippen molar-refractivity contribution in [1.82, 2.24) is 0 Å². The van der Waals surface area contributed by atoms with Crippen LogP contribution in [0.3, 0.4) is 0 Å². The van der Waals surface area contributed by atoms with Gasteiger partial charge < -0.3 is 14.6 Å². The van der Waals surface area contributed by atoms with E-state index in [-0.39, 0.29) is 0 Å². The molecule has 0 radical (unpaired) electrons. The van der Waals surface area contributed by atoms with Crippen LogP contribution in [-0.4, -0.2) is 25.3 Å². The van der Waals surface area contributed by atoms with Gasteiger partial charge in [-0.2, -0.15) is 0 Å². The number of para-hydroxylation sites is 1. The fraction of sp³-hybridized carbons (Fsp3) is 0.417. The molecule has 1 N–H and O–H groups in total. The molecule has 88 valence electrons. The molecule has 0 fully saturated rings. The minimum atomic E-state index is -0.927. The van der Waals surface area contributed by atoms with Gasteiger partial charge in [0.15, 0.2) is 0 Å². The molecule has 4 heteroatoms. The van der Waals surface area contributed by atoms with Crippen molar-refractivity contribution < 1.29 is 19.4 Å². The topological polar surface area (TPSA) is 55.8 Å². The lowest BCUT2D eigenvalue weighted by Crippen LogP contribution is -2.21. The van der Waals surface area contributed by atoms with Crippen LogP contribution in [0.15, 0.2) is 24.3 Å². The Bertz CT molecular complexity index is 362. The van der Waals surface area contributed by atoms with E-state index < -0.39 is 18.0 Å². The van der Waals surface area contributed by atoms with Crippen molar-refractivity contribution in [3.05, 3.63) is 29.8 Å². The van der Waals surface area contributed by atoms with Gasteiger partial charge in [-0.3, -0.25) is 4.79 Å². The number of aliphatic hydroxyl groups is 1. The Kier molecular flexibility index (Phi) is 4.31. The van der Waals surface area contributed by atoms with Gasteiger partial charge in [0.25, 0.3) is 0 Å². The lowest BCUT2D eigenvalue weighted by atomic mass is 9.97. The predicted molar refractivity (Wildman–Crippen MR) is 59.1 cm³/mol. The molecule has 0 amide bonds. The van der Waals surface area contributed by atoms with Gasteiger partial charge in [-0.05, 0) is 13.0 Å². The summed E-state index contributed by atoms with van der Waals surface area (Å²) in [6, 6.07) is 7.05. The van der Waals surface area contributed by atoms with Crippen molar-refractivity contribution in [3.8, 4) is 5.75 Å². The van der Waals surface area contributed by atoms with Gasteiger partial charge in [0.1, 0.15) is 5.75 Å². The number of hydrogen-bond acceptors (Lipinski definition) is 4. The van der Waals surface area contributed by atoms with E-state index in [9.17, 15) is 9.90 Å². The van der Waals surface area contributed by atoms with Crippen LogP contribution in [0.2, 0.25) is 0 Å². The second-order valence-electron chi connectivity index (χ2n) is 3.50. The smallest absolute Gasteiger partial charge is 0.311 e. The summed E-state index contributed by atoms with van der Waals surface area (Å²) in [6.45, 7) is 1.61. The molecule has 0 saturated heterocycles. The first-order valence-electron chi connectivity index (χ1n) is 5.00. The van der Waals surface area contributed by atoms with E-state index in [0.29, 0.717) is 11.3 Å². The number of ether oxygens (including phenoxy) is 2. The molecule has 0 aliphatic carbocycles. The van der Waals surface area contributed by atoms with Crippen molar-refractivity contribution in [2.75, 3.05) is 14.2 Å². The van der Waals surface area contributed by atoms with Crippen LogP contribution >= 0.6 is 0 Å². The minimum Gasteiger partial charge on any atom is -0.496 e. The molecule has 0 aliphatic rings. The average Bonchev–Trinajstić information content (AvgIpc) is 2.35. The molecule has 0 bridgehead atoms. The Balaban J connectivity index is 2.95. The molecule has 16 heavy (non-hydrogen) atoms. The van der Waals surface area contributed by atoms with E-state index in [1.807, 2.05) is 0 Å². The molecule has 4 nitrogen and oxygen atoms in total. The van der Waals surface area contributed by atoms with Crippen LogP contribution in [0.25, 0.3) is 0 Å². The van der Waals surface area contributed by atoms with E-state index in [4.69, 9.17) is 4.74 Å². The van der Waals surface area contributed by atoms with Crippen LogP contribution in [0.1, 0.15) is 18.6 Å². The zero-order valence-corrected chi connectivity index (χ0v) is 9.64. The number of aliphatic hydroxyl groups excluding tert-OH is 1. The zero-order valence-electron chi connectivity index (χ0n) is 9.64. The molecule has 2 atom stereocenters. The Morgan fingerprint density at radius 1 is 1.31 bits per heavy atom. The first kappa shape index (κ1) is 12.5. The van der Waals surface area contributed by atoms with E-state index in [1.54, 1.807) is 31.2 Å². The van der Waals surface area contributed by atoms with E-state index in [1.165, 1.54) is 14.2 Å². The van der Waals surface area contributed by atoms with Gasteiger partial charge in [0, 0.05) is 5.56 Å². The van der Waals surface area contributed by atoms with Gasteiger partial charge in [-0.25, -0.2) is 0 Å². The monoisotopic (exact) mass is 224 g/mol. The number of esters is 1. The van der Waals surface area contributed by atoms with E-state index in [2.05, 4.69) is 4.74 Å². The molecule has 1 rings (SSSR count). The lowest BCUT2D eigenvalue weighted by molar-refractivity contribution is -0.148. The number of methoxy groups -OCH3 is 2. The molecular weight excluding hydrogens is 208 g/mol. The molecule has 1 aromatic rings. The zero-order chi connectivity index (χ0) is 12.1. The van der Waals surface area contributed by atoms with Crippen LogP contribution in [0.4, 0.5) is 0 Å². The first-order valence-corrected chi connectivity index (χ1v) is 5.00. The van der Waals surface area contributed by atoms with Crippen LogP contribution in [0.5, 0.6) is 5.75 Å². The Morgan fingerprint density at radius 3 is 2.50 bits per heavy atom. The third-order valence-corrected chi connectivity index (χ3v) is 2.50. The normalized spacial score (nSPS) is 14.0. The van der Waals surface area contributed by atoms with Crippen LogP contribution in [-0.2, 0) is 9.53 Å². The Morgan fingerprint density at radius 2 is 1.94 bits per heavy atom. The first-order chi connectivity index (χ1) is 7.61. The number of carbonyl (C=O) groups is 1. The third-order valence-electron chi connectivity index (χ3n) is 2.50. The molecule has 0 spiro atoms. The summed E-state index contributed by atoms with van der Waals surface area (Å²) in [5.74, 6) is -0.509. The van der Waals surface area contributed by atoms with Gasteiger partial charge >= 0.3 is 5.97 Å². The van der Waals surface area contributed by atoms with Crippen LogP contribution in [0, 0.1) is 5.92 Å². The minimum absolute atomic E-state index is 0.446. The predicted octanol–water partition coefficient (Wildman–Crippen LogP) is 1.54.